The summed E-state index contributed by atoms with van der Waals surface area (Å²) in [5.74, 6) is 0. The lowest BCUT2D eigenvalue weighted by molar-refractivity contribution is 0.259. The number of azo groups is 1. The zero-order valence-corrected chi connectivity index (χ0v) is 20.5. The zero-order chi connectivity index (χ0) is 27.1. The van der Waals surface area contributed by atoms with Crippen molar-refractivity contribution in [3.63, 3.8) is 0 Å². The van der Waals surface area contributed by atoms with E-state index in [4.69, 9.17) is 5.73 Å². The number of urea groups is 1. The van der Waals surface area contributed by atoms with Gasteiger partial charge in [-0.15, -0.1) is 10.2 Å². The highest BCUT2D eigenvalue weighted by atomic mass is 32.3. The van der Waals surface area contributed by atoms with Crippen molar-refractivity contribution in [3.8, 4) is 0 Å². The van der Waals surface area contributed by atoms with Gasteiger partial charge in [-0.05, 0) is 47.9 Å². The van der Waals surface area contributed by atoms with Crippen LogP contribution in [0, 0.1) is 0 Å². The Morgan fingerprint density at radius 2 is 1.44 bits per heavy atom. The predicted octanol–water partition coefficient (Wildman–Crippen LogP) is 3.86. The lowest BCUT2D eigenvalue weighted by Gasteiger charge is -2.20. The number of primary amides is 1. The van der Waals surface area contributed by atoms with Crippen molar-refractivity contribution < 1.29 is 44.4 Å². The van der Waals surface area contributed by atoms with Gasteiger partial charge >= 0.3 is 6.03 Å². The van der Waals surface area contributed by atoms with Gasteiger partial charge in [0, 0.05) is 18.1 Å². The third-order valence-corrected chi connectivity index (χ3v) is 7.29. The Morgan fingerprint density at radius 1 is 0.833 bits per heavy atom. The van der Waals surface area contributed by atoms with Crippen LogP contribution in [0.4, 0.5) is 27.5 Å². The van der Waals surface area contributed by atoms with Crippen LogP contribution in [-0.2, 0) is 20.2 Å². The van der Waals surface area contributed by atoms with Crippen molar-refractivity contribution in [3.05, 3.63) is 42.5 Å². The van der Waals surface area contributed by atoms with Gasteiger partial charge in [0.15, 0.2) is 0 Å². The Labute approximate surface area is 205 Å². The first kappa shape index (κ1) is 27.2. The van der Waals surface area contributed by atoms with E-state index in [0.29, 0.717) is 11.8 Å². The van der Waals surface area contributed by atoms with Crippen molar-refractivity contribution in [2.45, 2.75) is 14.7 Å². The van der Waals surface area contributed by atoms with E-state index in [2.05, 4.69) is 20.9 Å². The monoisotopic (exact) mass is 561 g/mol. The Morgan fingerprint density at radius 3 is 1.97 bits per heavy atom. The first-order chi connectivity index (χ1) is 16.5. The van der Waals surface area contributed by atoms with Crippen molar-refractivity contribution >= 4 is 70.7 Å². The molecule has 0 saturated carbocycles. The van der Waals surface area contributed by atoms with Crippen LogP contribution < -0.4 is 16.4 Å². The van der Waals surface area contributed by atoms with Crippen LogP contribution in [0.15, 0.2) is 67.4 Å². The smallest absolute Gasteiger partial charge is 0.316 e. The summed E-state index contributed by atoms with van der Waals surface area (Å²) in [6.07, 6.45) is 0. The summed E-state index contributed by atoms with van der Waals surface area (Å²) < 4.78 is 95.9. The Hall–Kier alpha value is -3.36. The minimum absolute atomic E-state index is 0.00578. The molecule has 0 aromatic heterocycles. The number of hydrogen-bond donors (Lipinski definition) is 8. The molecule has 0 unspecified atom stereocenters. The summed E-state index contributed by atoms with van der Waals surface area (Å²) in [7, 11) is -12.9. The average molecular weight is 562 g/mol. The second kappa shape index (κ2) is 9.59. The Bertz CT molecular complexity index is 1620. The topological polar surface area (TPSA) is 261 Å². The second-order valence-electron chi connectivity index (χ2n) is 7.10. The first-order valence-corrected chi connectivity index (χ1v) is 13.8. The van der Waals surface area contributed by atoms with Crippen LogP contribution in [0.5, 0.6) is 0 Å². The molecule has 194 valence electrons. The lowest BCUT2D eigenvalue weighted by Crippen LogP contribution is -2.19. The normalized spacial score (nSPS) is 13.2. The van der Waals surface area contributed by atoms with E-state index in [1.807, 2.05) is 0 Å². The lowest BCUT2D eigenvalue weighted by atomic mass is 10.1. The SMILES string of the molecule is CNc1ccc(N=Nc2cc3c(S(=O)(=O)O)cc(S(O)(O)O)cc3cc2S(=O)(=O)O)c(NC(N)=O)c1. The largest absolute Gasteiger partial charge is 0.388 e. The third kappa shape index (κ3) is 6.06. The van der Waals surface area contributed by atoms with E-state index >= 15 is 0 Å². The van der Waals surface area contributed by atoms with Crippen LogP contribution in [0.1, 0.15) is 0 Å². The number of rotatable bonds is 7. The fraction of sp³-hybridized carbons (Fsp3) is 0.0556. The molecule has 3 aromatic rings. The number of carbonyl (C=O) groups is 1. The van der Waals surface area contributed by atoms with Gasteiger partial charge in [0.05, 0.1) is 10.6 Å². The molecule has 3 aromatic carbocycles. The van der Waals surface area contributed by atoms with Crippen LogP contribution in [0.3, 0.4) is 0 Å². The van der Waals surface area contributed by atoms with Gasteiger partial charge in [0.2, 0.25) is 0 Å². The molecule has 0 spiro atoms. The Kier molecular flexibility index (Phi) is 7.26. The van der Waals surface area contributed by atoms with Gasteiger partial charge in [-0.25, -0.2) is 4.79 Å². The van der Waals surface area contributed by atoms with Gasteiger partial charge in [-0.1, -0.05) is 0 Å². The molecule has 0 fully saturated rings. The van der Waals surface area contributed by atoms with E-state index in [-0.39, 0.29) is 22.1 Å². The molecule has 0 atom stereocenters. The number of nitrogens with one attached hydrogen (secondary N) is 2. The third-order valence-electron chi connectivity index (χ3n) is 4.65. The molecular formula is C18H19N5O10S3. The number of amides is 2. The minimum atomic E-state index is -5.04. The molecule has 9 N–H and O–H groups in total. The van der Waals surface area contributed by atoms with Crippen molar-refractivity contribution in [2.75, 3.05) is 17.7 Å². The highest BCUT2D eigenvalue weighted by Gasteiger charge is 2.26. The number of anilines is 2. The molecule has 0 saturated heterocycles. The summed E-state index contributed by atoms with van der Waals surface area (Å²) in [6, 6.07) is 6.43. The number of fused-ring (bicyclic) bond motifs is 1. The van der Waals surface area contributed by atoms with Crippen LogP contribution >= 0.6 is 10.9 Å². The average Bonchev–Trinajstić information content (AvgIpc) is 2.74. The number of nitrogens with zero attached hydrogens (tertiary/aromatic N) is 2. The molecule has 0 radical (unpaired) electrons. The number of nitrogens with two attached hydrogens (primary N) is 1. The molecule has 2 amide bonds. The molecule has 3 rings (SSSR count). The van der Waals surface area contributed by atoms with E-state index in [1.165, 1.54) is 18.2 Å². The van der Waals surface area contributed by atoms with E-state index < -0.39 is 57.5 Å². The summed E-state index contributed by atoms with van der Waals surface area (Å²) in [4.78, 5) is 8.79. The maximum atomic E-state index is 12.0. The first-order valence-electron chi connectivity index (χ1n) is 9.38. The summed E-state index contributed by atoms with van der Waals surface area (Å²) in [5.41, 5.74) is 5.18. The highest BCUT2D eigenvalue weighted by Crippen LogP contribution is 2.47. The summed E-state index contributed by atoms with van der Waals surface area (Å²) >= 11 is 0. The maximum Gasteiger partial charge on any atom is 0.316 e. The van der Waals surface area contributed by atoms with Crippen LogP contribution in [0.25, 0.3) is 10.8 Å². The predicted molar refractivity (Wildman–Crippen MR) is 131 cm³/mol. The van der Waals surface area contributed by atoms with Crippen molar-refractivity contribution in [1.82, 2.24) is 0 Å². The van der Waals surface area contributed by atoms with E-state index in [1.54, 1.807) is 7.05 Å². The summed E-state index contributed by atoms with van der Waals surface area (Å²) in [5, 5.41) is 12.1. The zero-order valence-electron chi connectivity index (χ0n) is 18.0. The molecule has 0 aliphatic heterocycles. The number of hydrogen-bond acceptors (Lipinski definition) is 11. The highest BCUT2D eigenvalue weighted by molar-refractivity contribution is 8.19. The molecular weight excluding hydrogens is 542 g/mol. The molecule has 15 nitrogen and oxygen atoms in total. The Balaban J connectivity index is 2.32. The molecule has 0 bridgehead atoms. The van der Waals surface area contributed by atoms with Crippen LogP contribution in [0.2, 0.25) is 0 Å². The van der Waals surface area contributed by atoms with Gasteiger partial charge in [0.25, 0.3) is 20.2 Å². The molecule has 18 heteroatoms. The maximum absolute atomic E-state index is 12.0. The van der Waals surface area contributed by atoms with Gasteiger partial charge in [-0.3, -0.25) is 9.11 Å². The minimum Gasteiger partial charge on any atom is -0.388 e. The molecule has 0 aliphatic rings. The fourth-order valence-corrected chi connectivity index (χ4v) is 5.10. The van der Waals surface area contributed by atoms with Crippen molar-refractivity contribution in [1.29, 1.82) is 0 Å². The van der Waals surface area contributed by atoms with Crippen molar-refractivity contribution in [2.24, 2.45) is 16.0 Å². The van der Waals surface area contributed by atoms with E-state index in [0.717, 1.165) is 18.2 Å². The molecule has 36 heavy (non-hydrogen) atoms. The number of benzene rings is 3. The number of carbonyl (C=O) groups excluding carboxylic acids is 1. The van der Waals surface area contributed by atoms with E-state index in [9.17, 15) is 44.4 Å². The van der Waals surface area contributed by atoms with Crippen LogP contribution in [-0.4, -0.2) is 52.7 Å². The summed E-state index contributed by atoms with van der Waals surface area (Å²) in [6.45, 7) is 0. The fourth-order valence-electron chi connectivity index (χ4n) is 3.09. The van der Waals surface area contributed by atoms with Gasteiger partial charge in [-0.2, -0.15) is 16.8 Å². The molecule has 0 heterocycles. The standard InChI is InChI=1S/C18H19N5O10S3/c1-20-10-2-3-13(14(6-10)21-18(19)24)22-23-15-8-12-9(5-17(15)36(31,32)33)4-11(34(25,26)27)7-16(12)35(28,29)30/h2-8,20,25-27H,1H3,(H3,19,21,24)(H,28,29,30)(H,31,32,33). The molecule has 0 aliphatic carbocycles. The quantitative estimate of drug-likeness (QED) is 0.151. The van der Waals surface area contributed by atoms with Gasteiger partial charge < -0.3 is 30.0 Å². The second-order valence-corrected chi connectivity index (χ2v) is 11.4. The van der Waals surface area contributed by atoms with Gasteiger partial charge in [0.1, 0.15) is 32.0 Å².